The number of nitrogens with zero attached hydrogens (tertiary/aromatic N) is 3. The summed E-state index contributed by atoms with van der Waals surface area (Å²) in [4.78, 5) is 0.315. The lowest BCUT2D eigenvalue weighted by Gasteiger charge is -2.16. The Labute approximate surface area is 143 Å². The molecule has 1 atom stereocenters. The highest BCUT2D eigenvalue weighted by molar-refractivity contribution is 7.89. The zero-order valence-electron chi connectivity index (χ0n) is 14.4. The quantitative estimate of drug-likeness (QED) is 0.921. The first kappa shape index (κ1) is 17.1. The zero-order valence-corrected chi connectivity index (χ0v) is 15.2. The van der Waals surface area contributed by atoms with E-state index in [-0.39, 0.29) is 0 Å². The van der Waals surface area contributed by atoms with Gasteiger partial charge in [-0.05, 0) is 45.2 Å². The van der Waals surface area contributed by atoms with Gasteiger partial charge >= 0.3 is 0 Å². The number of fused-ring (bicyclic) bond motifs is 1. The summed E-state index contributed by atoms with van der Waals surface area (Å²) in [6.45, 7) is 6.44. The number of aromatic nitrogens is 3. The monoisotopic (exact) mass is 348 g/mol. The zero-order chi connectivity index (χ0) is 17.3. The molecular weight excluding hydrogens is 324 g/mol. The van der Waals surface area contributed by atoms with Gasteiger partial charge in [0.15, 0.2) is 5.82 Å². The standard InChI is InChI=1S/C17H24N4O2S/c1-12-8-9-15(13(2)11-12)24(22,23)20-14(3)17-19-18-16-7-5-4-6-10-21(16)17/h8-9,11,14,20H,4-7,10H2,1-3H3/t14-/m1/s1. The van der Waals surface area contributed by atoms with Gasteiger partial charge in [-0.25, -0.2) is 13.1 Å². The molecule has 0 unspecified atom stereocenters. The predicted octanol–water partition coefficient (Wildman–Crippen LogP) is 2.66. The van der Waals surface area contributed by atoms with Gasteiger partial charge in [0, 0.05) is 13.0 Å². The van der Waals surface area contributed by atoms with E-state index < -0.39 is 16.1 Å². The molecule has 24 heavy (non-hydrogen) atoms. The van der Waals surface area contributed by atoms with Gasteiger partial charge in [0.25, 0.3) is 0 Å². The number of benzene rings is 1. The summed E-state index contributed by atoms with van der Waals surface area (Å²) >= 11 is 0. The van der Waals surface area contributed by atoms with Gasteiger partial charge in [0.05, 0.1) is 10.9 Å². The molecule has 2 heterocycles. The van der Waals surface area contributed by atoms with E-state index in [1.54, 1.807) is 6.07 Å². The first-order valence-corrected chi connectivity index (χ1v) is 9.88. The van der Waals surface area contributed by atoms with Crippen LogP contribution >= 0.6 is 0 Å². The molecule has 7 heteroatoms. The van der Waals surface area contributed by atoms with E-state index in [0.29, 0.717) is 10.7 Å². The Morgan fingerprint density at radius 3 is 2.71 bits per heavy atom. The highest BCUT2D eigenvalue weighted by Crippen LogP contribution is 2.22. The van der Waals surface area contributed by atoms with Crippen LogP contribution in [0.15, 0.2) is 23.1 Å². The first-order chi connectivity index (χ1) is 11.4. The van der Waals surface area contributed by atoms with Crippen molar-refractivity contribution in [3.8, 4) is 0 Å². The van der Waals surface area contributed by atoms with Gasteiger partial charge in [0.1, 0.15) is 5.82 Å². The number of hydrogen-bond acceptors (Lipinski definition) is 4. The molecule has 1 aromatic carbocycles. The average molecular weight is 348 g/mol. The summed E-state index contributed by atoms with van der Waals surface area (Å²) in [5.41, 5.74) is 1.79. The molecule has 0 spiro atoms. The lowest BCUT2D eigenvalue weighted by Crippen LogP contribution is -2.29. The first-order valence-electron chi connectivity index (χ1n) is 8.40. The van der Waals surface area contributed by atoms with E-state index in [0.717, 1.165) is 42.8 Å². The number of aryl methyl sites for hydroxylation is 3. The van der Waals surface area contributed by atoms with E-state index in [1.807, 2.05) is 32.9 Å². The molecule has 2 aromatic rings. The molecule has 3 rings (SSSR count). The second-order valence-corrected chi connectivity index (χ2v) is 8.23. The van der Waals surface area contributed by atoms with Crippen molar-refractivity contribution < 1.29 is 8.42 Å². The van der Waals surface area contributed by atoms with E-state index in [1.165, 1.54) is 6.42 Å². The third-order valence-corrected chi connectivity index (χ3v) is 6.18. The minimum absolute atomic E-state index is 0.315. The summed E-state index contributed by atoms with van der Waals surface area (Å²) in [7, 11) is -3.60. The van der Waals surface area contributed by atoms with E-state index >= 15 is 0 Å². The summed E-state index contributed by atoms with van der Waals surface area (Å²) in [5.74, 6) is 1.65. The van der Waals surface area contributed by atoms with Crippen molar-refractivity contribution >= 4 is 10.0 Å². The van der Waals surface area contributed by atoms with Crippen LogP contribution in [0.5, 0.6) is 0 Å². The number of rotatable bonds is 4. The number of nitrogens with one attached hydrogen (secondary N) is 1. The number of sulfonamides is 1. The Hall–Kier alpha value is -1.73. The van der Waals surface area contributed by atoms with Gasteiger partial charge in [-0.3, -0.25) is 0 Å². The van der Waals surface area contributed by atoms with Gasteiger partial charge in [0.2, 0.25) is 10.0 Å². The second kappa shape index (κ2) is 6.64. The summed E-state index contributed by atoms with van der Waals surface area (Å²) in [6.07, 6.45) is 4.27. The van der Waals surface area contributed by atoms with Crippen LogP contribution in [-0.2, 0) is 23.0 Å². The van der Waals surface area contributed by atoms with Crippen LogP contribution in [-0.4, -0.2) is 23.2 Å². The maximum atomic E-state index is 12.7. The van der Waals surface area contributed by atoms with Crippen molar-refractivity contribution in [1.29, 1.82) is 0 Å². The topological polar surface area (TPSA) is 76.9 Å². The van der Waals surface area contributed by atoms with Crippen LogP contribution in [0.4, 0.5) is 0 Å². The minimum atomic E-state index is -3.60. The maximum absolute atomic E-state index is 12.7. The Morgan fingerprint density at radius 2 is 1.96 bits per heavy atom. The lowest BCUT2D eigenvalue weighted by molar-refractivity contribution is 0.533. The molecule has 0 radical (unpaired) electrons. The van der Waals surface area contributed by atoms with Crippen LogP contribution in [0.25, 0.3) is 0 Å². The second-order valence-electron chi connectivity index (χ2n) is 6.55. The maximum Gasteiger partial charge on any atom is 0.241 e. The molecule has 0 aliphatic carbocycles. The fourth-order valence-electron chi connectivity index (χ4n) is 3.28. The molecule has 0 bridgehead atoms. The fraction of sp³-hybridized carbons (Fsp3) is 0.529. The van der Waals surface area contributed by atoms with Crippen LogP contribution in [0, 0.1) is 13.8 Å². The average Bonchev–Trinajstić information content (AvgIpc) is 2.75. The molecule has 1 N–H and O–H groups in total. The van der Waals surface area contributed by atoms with Crippen LogP contribution in [0.3, 0.4) is 0 Å². The van der Waals surface area contributed by atoms with Crippen molar-refractivity contribution in [3.63, 3.8) is 0 Å². The summed E-state index contributed by atoms with van der Waals surface area (Å²) in [5, 5.41) is 8.49. The van der Waals surface area contributed by atoms with Crippen molar-refractivity contribution in [2.75, 3.05) is 0 Å². The van der Waals surface area contributed by atoms with Gasteiger partial charge in [-0.1, -0.05) is 24.1 Å². The summed E-state index contributed by atoms with van der Waals surface area (Å²) in [6, 6.07) is 4.93. The highest BCUT2D eigenvalue weighted by atomic mass is 32.2. The molecule has 0 saturated carbocycles. The van der Waals surface area contributed by atoms with Gasteiger partial charge in [-0.2, -0.15) is 0 Å². The lowest BCUT2D eigenvalue weighted by atomic mass is 10.2. The third-order valence-electron chi connectivity index (χ3n) is 4.48. The van der Waals surface area contributed by atoms with Crippen LogP contribution < -0.4 is 4.72 Å². The van der Waals surface area contributed by atoms with Crippen LogP contribution in [0.1, 0.15) is 55.0 Å². The molecule has 0 saturated heterocycles. The molecular formula is C17H24N4O2S. The Bertz CT molecular complexity index is 842. The van der Waals surface area contributed by atoms with E-state index in [4.69, 9.17) is 0 Å². The Balaban J connectivity index is 1.86. The SMILES string of the molecule is Cc1ccc(S(=O)(=O)N[C@H](C)c2nnc3n2CCCCC3)c(C)c1. The minimum Gasteiger partial charge on any atom is -0.314 e. The third kappa shape index (κ3) is 3.37. The molecule has 0 fully saturated rings. The Morgan fingerprint density at radius 1 is 1.17 bits per heavy atom. The highest BCUT2D eigenvalue weighted by Gasteiger charge is 2.25. The molecule has 130 valence electrons. The molecule has 1 aliphatic rings. The molecule has 0 amide bonds. The van der Waals surface area contributed by atoms with Crippen molar-refractivity contribution in [2.45, 2.75) is 63.9 Å². The van der Waals surface area contributed by atoms with Gasteiger partial charge < -0.3 is 4.57 Å². The van der Waals surface area contributed by atoms with Gasteiger partial charge in [-0.15, -0.1) is 10.2 Å². The van der Waals surface area contributed by atoms with E-state index in [2.05, 4.69) is 19.5 Å². The summed E-state index contributed by atoms with van der Waals surface area (Å²) < 4.78 is 30.3. The van der Waals surface area contributed by atoms with E-state index in [9.17, 15) is 8.42 Å². The normalized spacial score (nSPS) is 16.5. The van der Waals surface area contributed by atoms with Crippen LogP contribution in [0.2, 0.25) is 0 Å². The molecule has 1 aliphatic heterocycles. The Kier molecular flexibility index (Phi) is 4.73. The largest absolute Gasteiger partial charge is 0.314 e. The smallest absolute Gasteiger partial charge is 0.241 e. The number of hydrogen-bond donors (Lipinski definition) is 1. The van der Waals surface area contributed by atoms with Crippen molar-refractivity contribution in [3.05, 3.63) is 41.0 Å². The molecule has 1 aromatic heterocycles. The predicted molar refractivity (Wildman–Crippen MR) is 92.2 cm³/mol. The van der Waals surface area contributed by atoms with Crippen molar-refractivity contribution in [1.82, 2.24) is 19.5 Å². The fourth-order valence-corrected chi connectivity index (χ4v) is 4.71. The molecule has 6 nitrogen and oxygen atoms in total. The van der Waals surface area contributed by atoms with Crippen molar-refractivity contribution in [2.24, 2.45) is 0 Å².